The summed E-state index contributed by atoms with van der Waals surface area (Å²) in [6.45, 7) is 0. The van der Waals surface area contributed by atoms with Gasteiger partial charge in [0.25, 0.3) is 5.91 Å². The number of nitrogens with zero attached hydrogens (tertiary/aromatic N) is 3. The number of hydrogen-bond donors (Lipinski definition) is 1. The van der Waals surface area contributed by atoms with Gasteiger partial charge in [-0.15, -0.1) is 0 Å². The first kappa shape index (κ1) is 12.8. The lowest BCUT2D eigenvalue weighted by atomic mass is 9.86. The third-order valence-corrected chi connectivity index (χ3v) is 2.83. The Morgan fingerprint density at radius 2 is 1.42 bits per heavy atom. The summed E-state index contributed by atoms with van der Waals surface area (Å²) in [7, 11) is 0. The van der Waals surface area contributed by atoms with E-state index >= 15 is 0 Å². The highest BCUT2D eigenvalue weighted by Gasteiger charge is 2.38. The molecule has 0 bridgehead atoms. The summed E-state index contributed by atoms with van der Waals surface area (Å²) in [6.07, 6.45) is 0. The van der Waals surface area contributed by atoms with Crippen molar-refractivity contribution in [2.24, 2.45) is 5.11 Å². The van der Waals surface area contributed by atoms with E-state index in [9.17, 15) is 9.90 Å². The Bertz CT molecular complexity index is 580. The van der Waals surface area contributed by atoms with Crippen molar-refractivity contribution in [2.75, 3.05) is 0 Å². The molecule has 0 spiro atoms. The van der Waals surface area contributed by atoms with Gasteiger partial charge in [0.15, 0.2) is 5.60 Å². The molecule has 2 aromatic rings. The van der Waals surface area contributed by atoms with Gasteiger partial charge in [-0.1, -0.05) is 60.7 Å². The first-order chi connectivity index (χ1) is 9.19. The van der Waals surface area contributed by atoms with Crippen molar-refractivity contribution in [3.63, 3.8) is 0 Å². The molecule has 0 aliphatic carbocycles. The van der Waals surface area contributed by atoms with Crippen molar-refractivity contribution < 1.29 is 9.90 Å². The number of carbonyl (C=O) groups is 1. The van der Waals surface area contributed by atoms with Crippen LogP contribution in [0.1, 0.15) is 11.1 Å². The Morgan fingerprint density at radius 1 is 1.00 bits per heavy atom. The number of aliphatic hydroxyl groups is 1. The van der Waals surface area contributed by atoms with E-state index in [0.29, 0.717) is 11.1 Å². The molecule has 5 nitrogen and oxygen atoms in total. The Balaban J connectivity index is 2.64. The van der Waals surface area contributed by atoms with Crippen LogP contribution in [0.4, 0.5) is 0 Å². The normalized spacial score (nSPS) is 10.6. The smallest absolute Gasteiger partial charge is 0.259 e. The van der Waals surface area contributed by atoms with Crippen LogP contribution in [0.3, 0.4) is 0 Å². The highest BCUT2D eigenvalue weighted by Crippen LogP contribution is 2.30. The minimum Gasteiger partial charge on any atom is -0.373 e. The zero-order valence-electron chi connectivity index (χ0n) is 9.97. The van der Waals surface area contributed by atoms with Crippen molar-refractivity contribution in [3.8, 4) is 0 Å². The van der Waals surface area contributed by atoms with E-state index < -0.39 is 11.5 Å². The number of hydrogen-bond acceptors (Lipinski definition) is 2. The fraction of sp³-hybridized carbons (Fsp3) is 0.0714. The van der Waals surface area contributed by atoms with E-state index in [1.165, 1.54) is 0 Å². The van der Waals surface area contributed by atoms with Gasteiger partial charge in [-0.05, 0) is 21.8 Å². The summed E-state index contributed by atoms with van der Waals surface area (Å²) in [5.41, 5.74) is 7.18. The third-order valence-electron chi connectivity index (χ3n) is 2.83. The highest BCUT2D eigenvalue weighted by molar-refractivity contribution is 5.90. The molecule has 0 saturated carbocycles. The molecule has 0 unspecified atom stereocenters. The Morgan fingerprint density at radius 3 is 1.79 bits per heavy atom. The Hall–Kier alpha value is -2.62. The number of amides is 1. The lowest BCUT2D eigenvalue weighted by Gasteiger charge is -2.25. The van der Waals surface area contributed by atoms with Gasteiger partial charge in [0.2, 0.25) is 0 Å². The first-order valence-corrected chi connectivity index (χ1v) is 5.62. The molecular weight excluding hydrogens is 242 g/mol. The van der Waals surface area contributed by atoms with Crippen molar-refractivity contribution in [1.29, 1.82) is 0 Å². The van der Waals surface area contributed by atoms with Gasteiger partial charge in [-0.3, -0.25) is 4.79 Å². The maximum absolute atomic E-state index is 12.0. The molecule has 5 heteroatoms. The van der Waals surface area contributed by atoms with Gasteiger partial charge in [-0.2, -0.15) is 0 Å². The Kier molecular flexibility index (Phi) is 3.61. The van der Waals surface area contributed by atoms with E-state index in [2.05, 4.69) is 10.0 Å². The van der Waals surface area contributed by atoms with E-state index in [1.54, 1.807) is 60.7 Å². The van der Waals surface area contributed by atoms with Crippen LogP contribution in [0.5, 0.6) is 0 Å². The van der Waals surface area contributed by atoms with E-state index in [1.807, 2.05) is 0 Å². The molecule has 0 fully saturated rings. The largest absolute Gasteiger partial charge is 0.373 e. The van der Waals surface area contributed by atoms with Crippen LogP contribution in [0.15, 0.2) is 65.8 Å². The van der Waals surface area contributed by atoms with Crippen LogP contribution in [-0.4, -0.2) is 11.0 Å². The quantitative estimate of drug-likeness (QED) is 0.518. The van der Waals surface area contributed by atoms with E-state index in [4.69, 9.17) is 5.53 Å². The maximum atomic E-state index is 12.0. The van der Waals surface area contributed by atoms with Gasteiger partial charge in [0.05, 0.1) is 0 Å². The van der Waals surface area contributed by atoms with Crippen LogP contribution in [-0.2, 0) is 10.4 Å². The second-order valence-electron chi connectivity index (χ2n) is 3.94. The van der Waals surface area contributed by atoms with Gasteiger partial charge < -0.3 is 5.11 Å². The van der Waals surface area contributed by atoms with Crippen LogP contribution in [0.25, 0.3) is 10.4 Å². The minimum absolute atomic E-state index is 0.360. The summed E-state index contributed by atoms with van der Waals surface area (Å²) >= 11 is 0. The molecule has 2 rings (SSSR count). The molecule has 0 heterocycles. The van der Waals surface area contributed by atoms with E-state index in [-0.39, 0.29) is 0 Å². The SMILES string of the molecule is [N-]=[N+]=NC(=O)C(O)(c1ccccc1)c1ccccc1. The summed E-state index contributed by atoms with van der Waals surface area (Å²) in [5.74, 6) is -0.951. The molecule has 1 N–H and O–H groups in total. The van der Waals surface area contributed by atoms with E-state index in [0.717, 1.165) is 0 Å². The molecule has 19 heavy (non-hydrogen) atoms. The first-order valence-electron chi connectivity index (χ1n) is 5.62. The maximum Gasteiger partial charge on any atom is 0.259 e. The molecular formula is C14H11N3O2. The summed E-state index contributed by atoms with van der Waals surface area (Å²) in [4.78, 5) is 14.5. The monoisotopic (exact) mass is 253 g/mol. The third kappa shape index (κ3) is 2.33. The summed E-state index contributed by atoms with van der Waals surface area (Å²) < 4.78 is 0. The number of rotatable bonds is 3. The average Bonchev–Trinajstić information content (AvgIpc) is 2.48. The van der Waals surface area contributed by atoms with Gasteiger partial charge in [0, 0.05) is 4.91 Å². The number of azide groups is 1. The van der Waals surface area contributed by atoms with Crippen molar-refractivity contribution >= 4 is 5.91 Å². The Labute approximate surface area is 109 Å². The van der Waals surface area contributed by atoms with Crippen LogP contribution < -0.4 is 0 Å². The molecule has 0 aromatic heterocycles. The molecule has 0 aliphatic heterocycles. The van der Waals surface area contributed by atoms with Gasteiger partial charge in [0.1, 0.15) is 0 Å². The molecule has 0 saturated heterocycles. The van der Waals surface area contributed by atoms with Gasteiger partial charge in [-0.25, -0.2) is 0 Å². The van der Waals surface area contributed by atoms with Crippen LogP contribution in [0, 0.1) is 0 Å². The standard InChI is InChI=1S/C14H11N3O2/c15-17-16-13(18)14(19,11-7-3-1-4-8-11)12-9-5-2-6-10-12/h1-10,19H. The predicted molar refractivity (Wildman–Crippen MR) is 70.0 cm³/mol. The fourth-order valence-corrected chi connectivity index (χ4v) is 1.89. The molecule has 0 radical (unpaired) electrons. The molecule has 1 amide bonds. The highest BCUT2D eigenvalue weighted by atomic mass is 16.3. The average molecular weight is 253 g/mol. The van der Waals surface area contributed by atoms with Crippen LogP contribution >= 0.6 is 0 Å². The summed E-state index contributed by atoms with van der Waals surface area (Å²) in [5, 5.41) is 13.8. The molecule has 94 valence electrons. The zero-order chi connectivity index (χ0) is 13.7. The summed E-state index contributed by atoms with van der Waals surface area (Å²) in [6, 6.07) is 16.8. The number of carbonyl (C=O) groups excluding carboxylic acids is 1. The lowest BCUT2D eigenvalue weighted by Crippen LogP contribution is -2.35. The minimum atomic E-state index is -1.96. The second kappa shape index (κ2) is 5.35. The topological polar surface area (TPSA) is 86.1 Å². The molecule has 0 atom stereocenters. The van der Waals surface area contributed by atoms with Crippen LogP contribution in [0.2, 0.25) is 0 Å². The zero-order valence-corrected chi connectivity index (χ0v) is 9.97. The number of benzene rings is 2. The molecule has 0 aliphatic rings. The second-order valence-corrected chi connectivity index (χ2v) is 3.94. The molecule has 2 aromatic carbocycles. The fourth-order valence-electron chi connectivity index (χ4n) is 1.89. The predicted octanol–water partition coefficient (Wildman–Crippen LogP) is 2.76. The van der Waals surface area contributed by atoms with Crippen molar-refractivity contribution in [3.05, 3.63) is 82.2 Å². The van der Waals surface area contributed by atoms with Crippen molar-refractivity contribution in [1.82, 2.24) is 0 Å². The van der Waals surface area contributed by atoms with Gasteiger partial charge >= 0.3 is 0 Å². The van der Waals surface area contributed by atoms with Crippen molar-refractivity contribution in [2.45, 2.75) is 5.60 Å². The lowest BCUT2D eigenvalue weighted by molar-refractivity contribution is -0.133.